The second-order valence-corrected chi connectivity index (χ2v) is 6.72. The second-order valence-electron chi connectivity index (χ2n) is 6.72. The van der Waals surface area contributed by atoms with Crippen molar-refractivity contribution >= 4 is 11.8 Å². The first-order valence-electron chi connectivity index (χ1n) is 9.31. The monoisotopic (exact) mass is 398 g/mol. The third-order valence-corrected chi connectivity index (χ3v) is 5.11. The molecule has 0 N–H and O–H groups in total. The molecular formula is C21H22N2O6. The van der Waals surface area contributed by atoms with Gasteiger partial charge in [-0.15, -0.1) is 0 Å². The summed E-state index contributed by atoms with van der Waals surface area (Å²) < 4.78 is 21.2. The van der Waals surface area contributed by atoms with Gasteiger partial charge in [-0.25, -0.2) is 0 Å². The summed E-state index contributed by atoms with van der Waals surface area (Å²) in [6, 6.07) is 10.3. The molecule has 2 aliphatic rings. The van der Waals surface area contributed by atoms with Crippen LogP contribution in [-0.2, 0) is 0 Å². The van der Waals surface area contributed by atoms with Crippen LogP contribution in [0.1, 0.15) is 20.7 Å². The molecule has 4 rings (SSSR count). The largest absolute Gasteiger partial charge is 0.497 e. The molecule has 0 saturated carbocycles. The summed E-state index contributed by atoms with van der Waals surface area (Å²) in [6.07, 6.45) is 0. The number of methoxy groups -OCH3 is 2. The van der Waals surface area contributed by atoms with E-state index in [4.69, 9.17) is 18.9 Å². The predicted octanol–water partition coefficient (Wildman–Crippen LogP) is 2.03. The number of ether oxygens (including phenoxy) is 4. The van der Waals surface area contributed by atoms with Crippen molar-refractivity contribution in [2.45, 2.75) is 0 Å². The number of amides is 2. The van der Waals surface area contributed by atoms with Crippen molar-refractivity contribution in [1.82, 2.24) is 9.80 Å². The molecule has 8 heteroatoms. The van der Waals surface area contributed by atoms with E-state index in [1.54, 1.807) is 53.3 Å². The van der Waals surface area contributed by atoms with Crippen LogP contribution >= 0.6 is 0 Å². The van der Waals surface area contributed by atoms with Crippen molar-refractivity contribution in [3.63, 3.8) is 0 Å². The number of fused-ring (bicyclic) bond motifs is 1. The minimum absolute atomic E-state index is 0.0857. The predicted molar refractivity (Wildman–Crippen MR) is 104 cm³/mol. The van der Waals surface area contributed by atoms with Crippen LogP contribution in [0.2, 0.25) is 0 Å². The number of hydrogen-bond donors (Lipinski definition) is 0. The maximum absolute atomic E-state index is 12.9. The molecule has 152 valence electrons. The van der Waals surface area contributed by atoms with Crippen LogP contribution in [0, 0.1) is 0 Å². The Morgan fingerprint density at radius 2 is 1.52 bits per heavy atom. The number of carbonyl (C=O) groups is 2. The Labute approximate surface area is 168 Å². The first-order valence-corrected chi connectivity index (χ1v) is 9.31. The van der Waals surface area contributed by atoms with Crippen molar-refractivity contribution in [3.8, 4) is 23.0 Å². The molecule has 0 radical (unpaired) electrons. The molecule has 0 bridgehead atoms. The molecule has 0 aliphatic carbocycles. The third kappa shape index (κ3) is 3.65. The number of rotatable bonds is 4. The average Bonchev–Trinajstić information content (AvgIpc) is 3.25. The van der Waals surface area contributed by atoms with Crippen molar-refractivity contribution in [1.29, 1.82) is 0 Å². The summed E-state index contributed by atoms with van der Waals surface area (Å²) in [5.74, 6) is 2.10. The van der Waals surface area contributed by atoms with Gasteiger partial charge in [0.15, 0.2) is 11.5 Å². The van der Waals surface area contributed by atoms with Gasteiger partial charge in [0.2, 0.25) is 6.79 Å². The molecule has 2 aliphatic heterocycles. The van der Waals surface area contributed by atoms with Gasteiger partial charge in [-0.1, -0.05) is 0 Å². The van der Waals surface area contributed by atoms with Crippen LogP contribution in [-0.4, -0.2) is 68.8 Å². The van der Waals surface area contributed by atoms with E-state index < -0.39 is 0 Å². The summed E-state index contributed by atoms with van der Waals surface area (Å²) in [5.41, 5.74) is 1.02. The average molecular weight is 398 g/mol. The zero-order valence-corrected chi connectivity index (χ0v) is 16.3. The highest BCUT2D eigenvalue weighted by Gasteiger charge is 2.28. The standard InChI is InChI=1S/C21H22N2O6/c1-26-15-4-5-16(18(12-15)27-2)21(25)23-9-7-22(8-10-23)20(24)14-3-6-17-19(11-14)29-13-28-17/h3-6,11-12H,7-10,13H2,1-2H3. The van der Waals surface area contributed by atoms with Gasteiger partial charge >= 0.3 is 0 Å². The van der Waals surface area contributed by atoms with E-state index in [2.05, 4.69) is 0 Å². The Kier molecular flexibility index (Phi) is 5.16. The fourth-order valence-corrected chi connectivity index (χ4v) is 3.47. The lowest BCUT2D eigenvalue weighted by molar-refractivity contribution is 0.0533. The Morgan fingerprint density at radius 1 is 0.828 bits per heavy atom. The van der Waals surface area contributed by atoms with Crippen LogP contribution in [0.4, 0.5) is 0 Å². The molecule has 2 aromatic carbocycles. The number of nitrogens with zero attached hydrogens (tertiary/aromatic N) is 2. The lowest BCUT2D eigenvalue weighted by atomic mass is 10.1. The quantitative estimate of drug-likeness (QED) is 0.784. The van der Waals surface area contributed by atoms with E-state index in [0.29, 0.717) is 60.3 Å². The van der Waals surface area contributed by atoms with E-state index in [9.17, 15) is 9.59 Å². The van der Waals surface area contributed by atoms with E-state index in [0.717, 1.165) is 0 Å². The number of piperazine rings is 1. The van der Waals surface area contributed by atoms with Crippen LogP contribution in [0.15, 0.2) is 36.4 Å². The smallest absolute Gasteiger partial charge is 0.257 e. The summed E-state index contributed by atoms with van der Waals surface area (Å²) in [7, 11) is 3.08. The lowest BCUT2D eigenvalue weighted by Gasteiger charge is -2.35. The normalized spacial score (nSPS) is 15.2. The van der Waals surface area contributed by atoms with Crippen molar-refractivity contribution in [3.05, 3.63) is 47.5 Å². The Morgan fingerprint density at radius 3 is 2.21 bits per heavy atom. The molecule has 29 heavy (non-hydrogen) atoms. The first kappa shape index (κ1) is 18.9. The summed E-state index contributed by atoms with van der Waals surface area (Å²) in [5, 5.41) is 0. The summed E-state index contributed by atoms with van der Waals surface area (Å²) in [4.78, 5) is 29.2. The number of carbonyl (C=O) groups excluding carboxylic acids is 2. The maximum Gasteiger partial charge on any atom is 0.257 e. The van der Waals surface area contributed by atoms with Gasteiger partial charge in [-0.3, -0.25) is 9.59 Å². The topological polar surface area (TPSA) is 77.5 Å². The Balaban J connectivity index is 1.41. The highest BCUT2D eigenvalue weighted by molar-refractivity contribution is 5.98. The molecule has 2 amide bonds. The molecule has 8 nitrogen and oxygen atoms in total. The highest BCUT2D eigenvalue weighted by Crippen LogP contribution is 2.33. The van der Waals surface area contributed by atoms with Crippen molar-refractivity contribution in [2.24, 2.45) is 0 Å². The lowest BCUT2D eigenvalue weighted by Crippen LogP contribution is -2.50. The summed E-state index contributed by atoms with van der Waals surface area (Å²) in [6.45, 7) is 1.98. The Bertz CT molecular complexity index is 937. The molecular weight excluding hydrogens is 376 g/mol. The molecule has 0 atom stereocenters. The van der Waals surface area contributed by atoms with Crippen LogP contribution in [0.25, 0.3) is 0 Å². The fourth-order valence-electron chi connectivity index (χ4n) is 3.47. The van der Waals surface area contributed by atoms with Crippen molar-refractivity contribution in [2.75, 3.05) is 47.2 Å². The van der Waals surface area contributed by atoms with E-state index in [1.807, 2.05) is 0 Å². The van der Waals surface area contributed by atoms with Gasteiger partial charge in [0.1, 0.15) is 11.5 Å². The van der Waals surface area contributed by atoms with Gasteiger partial charge in [-0.05, 0) is 30.3 Å². The highest BCUT2D eigenvalue weighted by atomic mass is 16.7. The van der Waals surface area contributed by atoms with Gasteiger partial charge in [0.05, 0.1) is 19.8 Å². The summed E-state index contributed by atoms with van der Waals surface area (Å²) >= 11 is 0. The van der Waals surface area contributed by atoms with Crippen LogP contribution < -0.4 is 18.9 Å². The molecule has 1 saturated heterocycles. The van der Waals surface area contributed by atoms with Gasteiger partial charge in [-0.2, -0.15) is 0 Å². The van der Waals surface area contributed by atoms with Crippen LogP contribution in [0.5, 0.6) is 23.0 Å². The van der Waals surface area contributed by atoms with E-state index in [-0.39, 0.29) is 18.6 Å². The molecule has 0 unspecified atom stereocenters. The number of hydrogen-bond acceptors (Lipinski definition) is 6. The Hall–Kier alpha value is -3.42. The number of benzene rings is 2. The van der Waals surface area contributed by atoms with Gasteiger partial charge in [0.25, 0.3) is 11.8 Å². The molecule has 0 aromatic heterocycles. The van der Waals surface area contributed by atoms with Gasteiger partial charge < -0.3 is 28.7 Å². The first-order chi connectivity index (χ1) is 14.1. The minimum atomic E-state index is -0.125. The van der Waals surface area contributed by atoms with E-state index >= 15 is 0 Å². The molecule has 2 aromatic rings. The zero-order valence-electron chi connectivity index (χ0n) is 16.3. The third-order valence-electron chi connectivity index (χ3n) is 5.11. The van der Waals surface area contributed by atoms with E-state index in [1.165, 1.54) is 7.11 Å². The van der Waals surface area contributed by atoms with Crippen LogP contribution in [0.3, 0.4) is 0 Å². The SMILES string of the molecule is COc1ccc(C(=O)N2CCN(C(=O)c3ccc4c(c3)OCO4)CC2)c(OC)c1. The minimum Gasteiger partial charge on any atom is -0.497 e. The second kappa shape index (κ2) is 7.90. The molecule has 1 fully saturated rings. The molecule has 2 heterocycles. The molecule has 0 spiro atoms. The maximum atomic E-state index is 12.9. The van der Waals surface area contributed by atoms with Gasteiger partial charge in [0, 0.05) is 37.8 Å². The zero-order chi connectivity index (χ0) is 20.4. The fraction of sp³-hybridized carbons (Fsp3) is 0.333. The van der Waals surface area contributed by atoms with Crippen molar-refractivity contribution < 1.29 is 28.5 Å².